The molecule has 7 heteroatoms. The number of rotatable bonds is 4. The predicted molar refractivity (Wildman–Crippen MR) is 123 cm³/mol. The molecule has 0 saturated heterocycles. The fraction of sp³-hybridized carbons (Fsp3) is 0.125. The van der Waals surface area contributed by atoms with E-state index in [1.165, 1.54) is 35.6 Å². The first-order valence-corrected chi connectivity index (χ1v) is 10.5. The number of carbonyl (C=O) groups is 2. The SMILES string of the molecule is Cc1ccc(C(=O)Nc2c(C(=O)Nc3ccc(F)cc3)sc3nc(C)cc(C)c23)cc1. The van der Waals surface area contributed by atoms with E-state index in [1.54, 1.807) is 12.1 Å². The summed E-state index contributed by atoms with van der Waals surface area (Å²) in [6, 6.07) is 14.6. The number of thiophene rings is 1. The first-order valence-electron chi connectivity index (χ1n) is 9.67. The van der Waals surface area contributed by atoms with Crippen LogP contribution in [0.25, 0.3) is 10.2 Å². The summed E-state index contributed by atoms with van der Waals surface area (Å²) in [6.07, 6.45) is 0. The minimum atomic E-state index is -0.397. The van der Waals surface area contributed by atoms with Crippen LogP contribution in [0.2, 0.25) is 0 Å². The second-order valence-corrected chi connectivity index (χ2v) is 8.35. The Morgan fingerprint density at radius 1 is 0.903 bits per heavy atom. The van der Waals surface area contributed by atoms with Crippen LogP contribution in [0.3, 0.4) is 0 Å². The molecule has 0 aliphatic heterocycles. The Balaban J connectivity index is 1.76. The Labute approximate surface area is 183 Å². The number of carbonyl (C=O) groups excluding carboxylic acids is 2. The van der Waals surface area contributed by atoms with Crippen LogP contribution in [0.15, 0.2) is 54.6 Å². The van der Waals surface area contributed by atoms with Crippen LogP contribution in [-0.4, -0.2) is 16.8 Å². The number of fused-ring (bicyclic) bond motifs is 1. The third-order valence-corrected chi connectivity index (χ3v) is 5.93. The third-order valence-electron chi connectivity index (χ3n) is 4.85. The van der Waals surface area contributed by atoms with E-state index in [2.05, 4.69) is 15.6 Å². The Kier molecular flexibility index (Phi) is 5.52. The average Bonchev–Trinajstić information content (AvgIpc) is 3.08. The number of pyridine rings is 1. The van der Waals surface area contributed by atoms with E-state index < -0.39 is 5.91 Å². The maximum absolute atomic E-state index is 13.2. The molecule has 0 atom stereocenters. The van der Waals surface area contributed by atoms with Crippen molar-refractivity contribution in [1.29, 1.82) is 0 Å². The van der Waals surface area contributed by atoms with Gasteiger partial charge in [-0.05, 0) is 68.8 Å². The van der Waals surface area contributed by atoms with Crippen molar-refractivity contribution in [2.24, 2.45) is 0 Å². The quantitative estimate of drug-likeness (QED) is 0.423. The van der Waals surface area contributed by atoms with Gasteiger partial charge in [-0.15, -0.1) is 11.3 Å². The van der Waals surface area contributed by atoms with E-state index >= 15 is 0 Å². The highest BCUT2D eigenvalue weighted by molar-refractivity contribution is 7.21. The number of benzene rings is 2. The first-order chi connectivity index (χ1) is 14.8. The van der Waals surface area contributed by atoms with Crippen LogP contribution < -0.4 is 10.6 Å². The van der Waals surface area contributed by atoms with Crippen molar-refractivity contribution >= 4 is 44.7 Å². The van der Waals surface area contributed by atoms with E-state index in [9.17, 15) is 14.0 Å². The molecule has 2 heterocycles. The zero-order valence-corrected chi connectivity index (χ0v) is 18.1. The molecule has 4 rings (SSSR count). The number of aryl methyl sites for hydroxylation is 3. The van der Waals surface area contributed by atoms with Gasteiger partial charge in [0.25, 0.3) is 11.8 Å². The first kappa shape index (κ1) is 20.7. The van der Waals surface area contributed by atoms with E-state index in [4.69, 9.17) is 0 Å². The maximum atomic E-state index is 13.2. The van der Waals surface area contributed by atoms with Crippen LogP contribution in [0.4, 0.5) is 15.8 Å². The highest BCUT2D eigenvalue weighted by Gasteiger charge is 2.23. The molecule has 0 unspecified atom stereocenters. The van der Waals surface area contributed by atoms with E-state index in [-0.39, 0.29) is 11.7 Å². The summed E-state index contributed by atoms with van der Waals surface area (Å²) >= 11 is 1.21. The number of hydrogen-bond donors (Lipinski definition) is 2. The summed E-state index contributed by atoms with van der Waals surface area (Å²) in [5.41, 5.74) is 4.17. The third kappa shape index (κ3) is 4.32. The Hall–Kier alpha value is -3.58. The van der Waals surface area contributed by atoms with Gasteiger partial charge in [-0.2, -0.15) is 0 Å². The van der Waals surface area contributed by atoms with Crippen molar-refractivity contribution in [2.75, 3.05) is 10.6 Å². The Bertz CT molecular complexity index is 1300. The molecule has 0 radical (unpaired) electrons. The molecule has 31 heavy (non-hydrogen) atoms. The lowest BCUT2D eigenvalue weighted by Gasteiger charge is -2.10. The number of anilines is 2. The maximum Gasteiger partial charge on any atom is 0.267 e. The van der Waals surface area contributed by atoms with E-state index in [1.807, 2.05) is 39.0 Å². The molecule has 5 nitrogen and oxygen atoms in total. The van der Waals surface area contributed by atoms with Gasteiger partial charge >= 0.3 is 0 Å². The molecule has 4 aromatic rings. The molecule has 0 aliphatic rings. The summed E-state index contributed by atoms with van der Waals surface area (Å²) in [5, 5.41) is 6.42. The molecule has 0 bridgehead atoms. The van der Waals surface area contributed by atoms with Crippen LogP contribution in [0.1, 0.15) is 36.9 Å². The van der Waals surface area contributed by atoms with E-state index in [0.29, 0.717) is 26.6 Å². The summed E-state index contributed by atoms with van der Waals surface area (Å²) in [6.45, 7) is 5.76. The number of aromatic nitrogens is 1. The zero-order valence-electron chi connectivity index (χ0n) is 17.2. The average molecular weight is 434 g/mol. The van der Waals surface area contributed by atoms with Crippen molar-refractivity contribution < 1.29 is 14.0 Å². The molecule has 0 aliphatic carbocycles. The molecular formula is C24H20FN3O2S. The Morgan fingerprint density at radius 2 is 1.58 bits per heavy atom. The highest BCUT2D eigenvalue weighted by atomic mass is 32.1. The lowest BCUT2D eigenvalue weighted by atomic mass is 10.1. The highest BCUT2D eigenvalue weighted by Crippen LogP contribution is 2.38. The van der Waals surface area contributed by atoms with Crippen molar-refractivity contribution in [2.45, 2.75) is 20.8 Å². The van der Waals surface area contributed by atoms with E-state index in [0.717, 1.165) is 22.2 Å². The van der Waals surface area contributed by atoms with Gasteiger partial charge in [-0.1, -0.05) is 17.7 Å². The zero-order chi connectivity index (χ0) is 22.1. The topological polar surface area (TPSA) is 71.1 Å². The minimum Gasteiger partial charge on any atom is -0.321 e. The standard InChI is InChI=1S/C24H20FN3O2S/c1-13-4-6-16(7-5-13)22(29)28-20-19-14(2)12-15(3)26-24(19)31-21(20)23(30)27-18-10-8-17(25)9-11-18/h4-12H,1-3H3,(H,27,30)(H,28,29). The molecule has 0 fully saturated rings. The van der Waals surface area contributed by atoms with Gasteiger partial charge in [0.05, 0.1) is 5.69 Å². The van der Waals surface area contributed by atoms with Crippen LogP contribution in [-0.2, 0) is 0 Å². The van der Waals surface area contributed by atoms with Crippen molar-refractivity contribution in [1.82, 2.24) is 4.98 Å². The van der Waals surface area contributed by atoms with Crippen molar-refractivity contribution in [3.63, 3.8) is 0 Å². The van der Waals surface area contributed by atoms with Gasteiger partial charge in [0.15, 0.2) is 0 Å². The molecule has 2 aromatic heterocycles. The summed E-state index contributed by atoms with van der Waals surface area (Å²) in [7, 11) is 0. The van der Waals surface area contributed by atoms with Gasteiger partial charge in [-0.3, -0.25) is 9.59 Å². The minimum absolute atomic E-state index is 0.310. The van der Waals surface area contributed by atoms with Gasteiger partial charge in [0.1, 0.15) is 15.5 Å². The van der Waals surface area contributed by atoms with Gasteiger partial charge in [-0.25, -0.2) is 9.37 Å². The monoisotopic (exact) mass is 433 g/mol. The number of nitrogens with one attached hydrogen (secondary N) is 2. The second-order valence-electron chi connectivity index (χ2n) is 7.35. The second kappa shape index (κ2) is 8.28. The number of amides is 2. The lowest BCUT2D eigenvalue weighted by Crippen LogP contribution is -2.17. The smallest absolute Gasteiger partial charge is 0.267 e. The molecule has 2 N–H and O–H groups in total. The van der Waals surface area contributed by atoms with Crippen LogP contribution >= 0.6 is 11.3 Å². The number of hydrogen-bond acceptors (Lipinski definition) is 4. The largest absolute Gasteiger partial charge is 0.321 e. The number of halogens is 1. The Morgan fingerprint density at radius 3 is 2.26 bits per heavy atom. The molecular weight excluding hydrogens is 413 g/mol. The summed E-state index contributed by atoms with van der Waals surface area (Å²) in [4.78, 5) is 31.5. The van der Waals surface area contributed by atoms with Gasteiger partial charge in [0.2, 0.25) is 0 Å². The van der Waals surface area contributed by atoms with Gasteiger partial charge < -0.3 is 10.6 Å². The molecule has 0 spiro atoms. The molecule has 0 saturated carbocycles. The van der Waals surface area contributed by atoms with Crippen LogP contribution in [0, 0.1) is 26.6 Å². The van der Waals surface area contributed by atoms with Crippen molar-refractivity contribution in [3.8, 4) is 0 Å². The predicted octanol–water partition coefficient (Wildman–Crippen LogP) is 5.87. The summed E-state index contributed by atoms with van der Waals surface area (Å²) in [5.74, 6) is -1.09. The number of nitrogens with zero attached hydrogens (tertiary/aromatic N) is 1. The lowest BCUT2D eigenvalue weighted by molar-refractivity contribution is 0.102. The van der Waals surface area contributed by atoms with Crippen molar-refractivity contribution in [3.05, 3.63) is 87.7 Å². The fourth-order valence-electron chi connectivity index (χ4n) is 3.33. The fourth-order valence-corrected chi connectivity index (χ4v) is 4.48. The molecule has 2 aromatic carbocycles. The normalized spacial score (nSPS) is 10.8. The summed E-state index contributed by atoms with van der Waals surface area (Å²) < 4.78 is 13.2. The van der Waals surface area contributed by atoms with Gasteiger partial charge in [0, 0.05) is 22.3 Å². The van der Waals surface area contributed by atoms with Crippen LogP contribution in [0.5, 0.6) is 0 Å². The molecule has 2 amide bonds. The molecule has 156 valence electrons.